The van der Waals surface area contributed by atoms with Gasteiger partial charge < -0.3 is 10.1 Å². The van der Waals surface area contributed by atoms with Crippen molar-refractivity contribution >= 4 is 28.3 Å². The van der Waals surface area contributed by atoms with Crippen LogP contribution in [0.2, 0.25) is 0 Å². The van der Waals surface area contributed by atoms with Crippen LogP contribution in [0.25, 0.3) is 10.8 Å². The van der Waals surface area contributed by atoms with Gasteiger partial charge in [-0.2, -0.15) is 0 Å². The third-order valence-corrected chi connectivity index (χ3v) is 3.77. The van der Waals surface area contributed by atoms with Crippen molar-refractivity contribution < 1.29 is 23.1 Å². The third-order valence-electron chi connectivity index (χ3n) is 3.77. The quantitative estimate of drug-likeness (QED) is 0.710. The molecule has 132 valence electrons. The van der Waals surface area contributed by atoms with Crippen LogP contribution >= 0.6 is 0 Å². The largest absolute Gasteiger partial charge is 0.449 e. The van der Waals surface area contributed by atoms with E-state index in [9.17, 15) is 18.4 Å². The Morgan fingerprint density at radius 3 is 2.27 bits per heavy atom. The van der Waals surface area contributed by atoms with Crippen LogP contribution < -0.4 is 5.32 Å². The molecule has 0 saturated carbocycles. The van der Waals surface area contributed by atoms with Crippen molar-refractivity contribution in [2.24, 2.45) is 0 Å². The number of halogens is 2. The lowest BCUT2D eigenvalue weighted by molar-refractivity contribution is -0.123. The SMILES string of the molecule is C[C@@H](OC(=O)c1cc(F)cc(F)c1)C(=O)Nc1ccc2ccccc2c1. The van der Waals surface area contributed by atoms with Gasteiger partial charge in [-0.25, -0.2) is 13.6 Å². The predicted molar refractivity (Wildman–Crippen MR) is 93.8 cm³/mol. The molecule has 0 fully saturated rings. The fraction of sp³-hybridized carbons (Fsp3) is 0.100. The topological polar surface area (TPSA) is 55.4 Å². The zero-order valence-electron chi connectivity index (χ0n) is 13.8. The summed E-state index contributed by atoms with van der Waals surface area (Å²) in [5.74, 6) is -3.33. The van der Waals surface area contributed by atoms with Gasteiger partial charge in [0, 0.05) is 11.8 Å². The van der Waals surface area contributed by atoms with Crippen molar-refractivity contribution in [3.05, 3.63) is 77.9 Å². The van der Waals surface area contributed by atoms with E-state index in [1.54, 1.807) is 12.1 Å². The van der Waals surface area contributed by atoms with Gasteiger partial charge in [-0.3, -0.25) is 4.79 Å². The molecule has 3 aromatic carbocycles. The number of hydrogen-bond acceptors (Lipinski definition) is 3. The molecule has 0 aliphatic heterocycles. The van der Waals surface area contributed by atoms with Crippen LogP contribution in [0.5, 0.6) is 0 Å². The summed E-state index contributed by atoms with van der Waals surface area (Å²) in [5.41, 5.74) is 0.251. The Kier molecular flexibility index (Phi) is 4.93. The molecule has 0 aliphatic carbocycles. The number of fused-ring (bicyclic) bond motifs is 1. The van der Waals surface area contributed by atoms with E-state index in [-0.39, 0.29) is 5.56 Å². The van der Waals surface area contributed by atoms with Gasteiger partial charge in [0.1, 0.15) is 11.6 Å². The van der Waals surface area contributed by atoms with Gasteiger partial charge in [-0.05, 0) is 42.0 Å². The Balaban J connectivity index is 1.67. The Hall–Kier alpha value is -3.28. The van der Waals surface area contributed by atoms with Gasteiger partial charge in [0.05, 0.1) is 5.56 Å². The number of hydrogen-bond donors (Lipinski definition) is 1. The first-order valence-electron chi connectivity index (χ1n) is 7.89. The summed E-state index contributed by atoms with van der Waals surface area (Å²) in [7, 11) is 0. The van der Waals surface area contributed by atoms with Crippen LogP contribution in [0.1, 0.15) is 17.3 Å². The fourth-order valence-electron chi connectivity index (χ4n) is 2.46. The number of ether oxygens (including phenoxy) is 1. The van der Waals surface area contributed by atoms with Crippen molar-refractivity contribution in [3.8, 4) is 0 Å². The molecular formula is C20H15F2NO3. The fourth-order valence-corrected chi connectivity index (χ4v) is 2.46. The summed E-state index contributed by atoms with van der Waals surface area (Å²) in [6.07, 6.45) is -1.14. The number of esters is 1. The monoisotopic (exact) mass is 355 g/mol. The second-order valence-electron chi connectivity index (χ2n) is 5.76. The van der Waals surface area contributed by atoms with Gasteiger partial charge in [-0.15, -0.1) is 0 Å². The molecule has 1 N–H and O–H groups in total. The average molecular weight is 355 g/mol. The minimum Gasteiger partial charge on any atom is -0.449 e. The van der Waals surface area contributed by atoms with Gasteiger partial charge in [0.25, 0.3) is 5.91 Å². The summed E-state index contributed by atoms with van der Waals surface area (Å²) in [5, 5.41) is 4.62. The molecule has 6 heteroatoms. The molecule has 0 unspecified atom stereocenters. The summed E-state index contributed by atoms with van der Waals surface area (Å²) in [6, 6.07) is 15.4. The number of rotatable bonds is 4. The van der Waals surface area contributed by atoms with Gasteiger partial charge >= 0.3 is 5.97 Å². The van der Waals surface area contributed by atoms with E-state index in [0.717, 1.165) is 22.9 Å². The minimum atomic E-state index is -1.14. The van der Waals surface area contributed by atoms with E-state index in [4.69, 9.17) is 4.74 Å². The van der Waals surface area contributed by atoms with Crippen LogP contribution in [-0.2, 0) is 9.53 Å². The molecule has 1 amide bonds. The molecule has 4 nitrogen and oxygen atoms in total. The summed E-state index contributed by atoms with van der Waals surface area (Å²) >= 11 is 0. The van der Waals surface area contributed by atoms with Crippen LogP contribution in [0.3, 0.4) is 0 Å². The Bertz CT molecular complexity index is 967. The molecule has 3 rings (SSSR count). The van der Waals surface area contributed by atoms with Crippen LogP contribution in [0.4, 0.5) is 14.5 Å². The molecule has 0 radical (unpaired) electrons. The standard InChI is InChI=1S/C20H15F2NO3/c1-12(26-20(25)15-8-16(21)11-17(22)9-15)19(24)23-18-7-6-13-4-2-3-5-14(13)10-18/h2-12H,1H3,(H,23,24)/t12-/m1/s1. The van der Waals surface area contributed by atoms with Crippen LogP contribution in [-0.4, -0.2) is 18.0 Å². The van der Waals surface area contributed by atoms with Gasteiger partial charge in [0.15, 0.2) is 6.10 Å². The zero-order valence-corrected chi connectivity index (χ0v) is 13.8. The number of nitrogens with one attached hydrogen (secondary N) is 1. The molecule has 0 aliphatic rings. The second-order valence-corrected chi connectivity index (χ2v) is 5.76. The summed E-state index contributed by atoms with van der Waals surface area (Å²) in [6.45, 7) is 1.38. The van der Waals surface area contributed by atoms with E-state index in [2.05, 4.69) is 5.32 Å². The molecule has 0 bridgehead atoms. The molecule has 0 aromatic heterocycles. The summed E-state index contributed by atoms with van der Waals surface area (Å²) < 4.78 is 31.3. The Labute approximate surface area is 148 Å². The van der Waals surface area contributed by atoms with Crippen LogP contribution in [0, 0.1) is 11.6 Å². The highest BCUT2D eigenvalue weighted by Crippen LogP contribution is 2.19. The van der Waals surface area contributed by atoms with Crippen molar-refractivity contribution in [2.45, 2.75) is 13.0 Å². The lowest BCUT2D eigenvalue weighted by atomic mass is 10.1. The predicted octanol–water partition coefficient (Wildman–Crippen LogP) is 4.30. The van der Waals surface area contributed by atoms with Crippen molar-refractivity contribution in [3.63, 3.8) is 0 Å². The zero-order chi connectivity index (χ0) is 18.7. The van der Waals surface area contributed by atoms with Crippen LogP contribution in [0.15, 0.2) is 60.7 Å². The highest BCUT2D eigenvalue weighted by molar-refractivity contribution is 5.98. The molecule has 3 aromatic rings. The van der Waals surface area contributed by atoms with Crippen molar-refractivity contribution in [2.75, 3.05) is 5.32 Å². The average Bonchev–Trinajstić information content (AvgIpc) is 2.60. The molecule has 0 spiro atoms. The normalized spacial score (nSPS) is 11.8. The maximum atomic E-state index is 13.2. The number of anilines is 1. The number of benzene rings is 3. The first kappa shape index (κ1) is 17.5. The first-order chi connectivity index (χ1) is 12.4. The Morgan fingerprint density at radius 1 is 0.923 bits per heavy atom. The summed E-state index contributed by atoms with van der Waals surface area (Å²) in [4.78, 5) is 24.2. The lowest BCUT2D eigenvalue weighted by Crippen LogP contribution is -2.30. The van der Waals surface area contributed by atoms with E-state index in [1.807, 2.05) is 30.3 Å². The number of amides is 1. The highest BCUT2D eigenvalue weighted by atomic mass is 19.1. The second kappa shape index (κ2) is 7.31. The van der Waals surface area contributed by atoms with E-state index >= 15 is 0 Å². The molecule has 0 heterocycles. The number of carbonyl (C=O) groups excluding carboxylic acids is 2. The van der Waals surface area contributed by atoms with Crippen molar-refractivity contribution in [1.82, 2.24) is 0 Å². The minimum absolute atomic E-state index is 0.298. The van der Waals surface area contributed by atoms with Gasteiger partial charge in [0.2, 0.25) is 0 Å². The van der Waals surface area contributed by atoms with E-state index < -0.39 is 29.6 Å². The van der Waals surface area contributed by atoms with E-state index in [0.29, 0.717) is 11.8 Å². The lowest BCUT2D eigenvalue weighted by Gasteiger charge is -2.14. The van der Waals surface area contributed by atoms with Gasteiger partial charge in [-0.1, -0.05) is 30.3 Å². The molecular weight excluding hydrogens is 340 g/mol. The first-order valence-corrected chi connectivity index (χ1v) is 7.89. The van der Waals surface area contributed by atoms with Crippen molar-refractivity contribution in [1.29, 1.82) is 0 Å². The number of carbonyl (C=O) groups is 2. The maximum Gasteiger partial charge on any atom is 0.339 e. The maximum absolute atomic E-state index is 13.2. The highest BCUT2D eigenvalue weighted by Gasteiger charge is 2.20. The molecule has 26 heavy (non-hydrogen) atoms. The molecule has 0 saturated heterocycles. The molecule has 1 atom stereocenters. The third kappa shape index (κ3) is 4.03. The Morgan fingerprint density at radius 2 is 1.58 bits per heavy atom. The smallest absolute Gasteiger partial charge is 0.339 e. The van der Waals surface area contributed by atoms with E-state index in [1.165, 1.54) is 6.92 Å².